The number of nitrogens with zero attached hydrogens (tertiary/aromatic N) is 3. The third-order valence-electron chi connectivity index (χ3n) is 2.11. The molecule has 1 heterocycles. The number of benzene rings is 1. The van der Waals surface area contributed by atoms with E-state index in [1.54, 1.807) is 19.1 Å². The lowest BCUT2D eigenvalue weighted by Crippen LogP contribution is -1.95. The van der Waals surface area contributed by atoms with E-state index >= 15 is 0 Å². The summed E-state index contributed by atoms with van der Waals surface area (Å²) in [4.78, 5) is 7.76. The quantitative estimate of drug-likeness (QED) is 0.757. The summed E-state index contributed by atoms with van der Waals surface area (Å²) in [6.45, 7) is 1.68. The highest BCUT2D eigenvalue weighted by Crippen LogP contribution is 2.20. The number of hydrogen-bond donors (Lipinski definition) is 0. The molecule has 2 aromatic rings. The molecule has 0 saturated heterocycles. The Hall–Kier alpha value is -2.35. The summed E-state index contributed by atoms with van der Waals surface area (Å²) in [7, 11) is 0. The molecular weight excluding hydrogens is 224 g/mol. The zero-order valence-corrected chi connectivity index (χ0v) is 8.91. The Morgan fingerprint density at radius 1 is 1.06 bits per heavy atom. The predicted octanol–water partition coefficient (Wildman–Crippen LogP) is 2.60. The fourth-order valence-corrected chi connectivity index (χ4v) is 1.47. The van der Waals surface area contributed by atoms with Gasteiger partial charge in [-0.1, -0.05) is 0 Å². The van der Waals surface area contributed by atoms with Crippen LogP contribution in [0.15, 0.2) is 24.3 Å². The molecule has 5 heteroatoms. The van der Waals surface area contributed by atoms with Gasteiger partial charge in [-0.05, 0) is 25.1 Å². The monoisotopic (exact) mass is 231 g/mol. The van der Waals surface area contributed by atoms with Crippen LogP contribution in [0.3, 0.4) is 0 Å². The first-order valence-electron chi connectivity index (χ1n) is 4.81. The van der Waals surface area contributed by atoms with Gasteiger partial charge in [-0.2, -0.15) is 5.26 Å². The molecule has 0 aliphatic carbocycles. The first kappa shape index (κ1) is 11.1. The fraction of sp³-hybridized carbons (Fsp3) is 0.0833. The van der Waals surface area contributed by atoms with Crippen LogP contribution in [0.25, 0.3) is 11.3 Å². The summed E-state index contributed by atoms with van der Waals surface area (Å²) in [5.74, 6) is -1.39. The highest BCUT2D eigenvalue weighted by Gasteiger charge is 2.07. The molecule has 0 aliphatic heterocycles. The summed E-state index contributed by atoms with van der Waals surface area (Å²) < 4.78 is 26.1. The van der Waals surface area contributed by atoms with Gasteiger partial charge in [-0.3, -0.25) is 0 Å². The second-order valence-corrected chi connectivity index (χ2v) is 3.49. The van der Waals surface area contributed by atoms with Crippen LogP contribution >= 0.6 is 0 Å². The smallest absolute Gasteiger partial charge is 0.224 e. The highest BCUT2D eigenvalue weighted by molar-refractivity contribution is 5.59. The SMILES string of the molecule is Cc1cc(-c2cc(F)cc(F)c2)nc(C#N)n1. The van der Waals surface area contributed by atoms with Gasteiger partial charge in [0.2, 0.25) is 5.82 Å². The highest BCUT2D eigenvalue weighted by atomic mass is 19.1. The van der Waals surface area contributed by atoms with Crippen molar-refractivity contribution in [2.75, 3.05) is 0 Å². The molecule has 0 fully saturated rings. The number of aromatic nitrogens is 2. The normalized spacial score (nSPS) is 10.0. The van der Waals surface area contributed by atoms with E-state index in [9.17, 15) is 8.78 Å². The molecule has 0 radical (unpaired) electrons. The van der Waals surface area contributed by atoms with E-state index < -0.39 is 11.6 Å². The van der Waals surface area contributed by atoms with Crippen LogP contribution in [0.2, 0.25) is 0 Å². The number of aryl methyl sites for hydroxylation is 1. The van der Waals surface area contributed by atoms with Gasteiger partial charge in [0.1, 0.15) is 17.7 Å². The maximum absolute atomic E-state index is 13.0. The molecule has 17 heavy (non-hydrogen) atoms. The summed E-state index contributed by atoms with van der Waals surface area (Å²) in [6.07, 6.45) is 0. The van der Waals surface area contributed by atoms with E-state index in [4.69, 9.17) is 5.26 Å². The Labute approximate surface area is 96.4 Å². The van der Waals surface area contributed by atoms with Crippen molar-refractivity contribution in [2.45, 2.75) is 6.92 Å². The lowest BCUT2D eigenvalue weighted by atomic mass is 10.1. The maximum Gasteiger partial charge on any atom is 0.232 e. The molecule has 3 nitrogen and oxygen atoms in total. The second-order valence-electron chi connectivity index (χ2n) is 3.49. The van der Waals surface area contributed by atoms with Crippen LogP contribution in [0.1, 0.15) is 11.5 Å². The van der Waals surface area contributed by atoms with Gasteiger partial charge in [0.15, 0.2) is 0 Å². The number of nitriles is 1. The predicted molar refractivity (Wildman–Crippen MR) is 56.8 cm³/mol. The summed E-state index contributed by atoms with van der Waals surface area (Å²) in [5, 5.41) is 8.72. The number of rotatable bonds is 1. The first-order chi connectivity index (χ1) is 8.08. The zero-order chi connectivity index (χ0) is 12.4. The molecule has 0 aliphatic rings. The van der Waals surface area contributed by atoms with Crippen molar-refractivity contribution < 1.29 is 8.78 Å². The van der Waals surface area contributed by atoms with Crippen molar-refractivity contribution in [3.8, 4) is 17.3 Å². The topological polar surface area (TPSA) is 49.6 Å². The van der Waals surface area contributed by atoms with Gasteiger partial charge in [0.05, 0.1) is 5.69 Å². The molecule has 0 unspecified atom stereocenters. The van der Waals surface area contributed by atoms with E-state index in [1.165, 1.54) is 0 Å². The van der Waals surface area contributed by atoms with Gasteiger partial charge in [-0.15, -0.1) is 0 Å². The minimum Gasteiger partial charge on any atom is -0.224 e. The van der Waals surface area contributed by atoms with Gasteiger partial charge in [0, 0.05) is 17.3 Å². The minimum atomic E-state index is -0.685. The van der Waals surface area contributed by atoms with Gasteiger partial charge < -0.3 is 0 Å². The molecule has 1 aromatic carbocycles. The van der Waals surface area contributed by atoms with Gasteiger partial charge >= 0.3 is 0 Å². The van der Waals surface area contributed by atoms with E-state index in [2.05, 4.69) is 9.97 Å². The van der Waals surface area contributed by atoms with E-state index in [1.807, 2.05) is 0 Å². The average molecular weight is 231 g/mol. The average Bonchev–Trinajstić information content (AvgIpc) is 2.26. The van der Waals surface area contributed by atoms with E-state index in [0.717, 1.165) is 18.2 Å². The number of halogens is 2. The van der Waals surface area contributed by atoms with Crippen LogP contribution in [0, 0.1) is 29.9 Å². The molecule has 0 saturated carbocycles. The molecule has 0 bridgehead atoms. The van der Waals surface area contributed by atoms with Gasteiger partial charge in [0.25, 0.3) is 0 Å². The van der Waals surface area contributed by atoms with Crippen molar-refractivity contribution >= 4 is 0 Å². The van der Waals surface area contributed by atoms with E-state index in [0.29, 0.717) is 11.4 Å². The van der Waals surface area contributed by atoms with Crippen molar-refractivity contribution in [1.29, 1.82) is 5.26 Å². The van der Waals surface area contributed by atoms with Crippen molar-refractivity contribution in [1.82, 2.24) is 9.97 Å². The molecule has 2 rings (SSSR count). The summed E-state index contributed by atoms with van der Waals surface area (Å²) in [5.41, 5.74) is 1.17. The van der Waals surface area contributed by atoms with Crippen LogP contribution < -0.4 is 0 Å². The molecular formula is C12H7F2N3. The Morgan fingerprint density at radius 3 is 2.29 bits per heavy atom. The Balaban J connectivity index is 2.60. The van der Waals surface area contributed by atoms with Crippen molar-refractivity contribution in [3.63, 3.8) is 0 Å². The van der Waals surface area contributed by atoms with Crippen LogP contribution in [0.4, 0.5) is 8.78 Å². The summed E-state index contributed by atoms with van der Waals surface area (Å²) >= 11 is 0. The lowest BCUT2D eigenvalue weighted by Gasteiger charge is -2.03. The fourth-order valence-electron chi connectivity index (χ4n) is 1.47. The first-order valence-corrected chi connectivity index (χ1v) is 4.81. The van der Waals surface area contributed by atoms with Crippen molar-refractivity contribution in [3.05, 3.63) is 47.4 Å². The van der Waals surface area contributed by atoms with Crippen molar-refractivity contribution in [2.24, 2.45) is 0 Å². The largest absolute Gasteiger partial charge is 0.232 e. The standard InChI is InChI=1S/C12H7F2N3/c1-7-2-11(17-12(6-15)16-7)8-3-9(13)5-10(14)4-8/h2-5H,1H3. The molecule has 0 spiro atoms. The maximum atomic E-state index is 13.0. The van der Waals surface area contributed by atoms with Crippen LogP contribution in [-0.2, 0) is 0 Å². The van der Waals surface area contributed by atoms with Gasteiger partial charge in [-0.25, -0.2) is 18.7 Å². The Morgan fingerprint density at radius 2 is 1.71 bits per heavy atom. The third-order valence-corrected chi connectivity index (χ3v) is 2.11. The van der Waals surface area contributed by atoms with E-state index in [-0.39, 0.29) is 11.4 Å². The molecule has 0 amide bonds. The summed E-state index contributed by atoms with van der Waals surface area (Å²) in [6, 6.07) is 6.46. The van der Waals surface area contributed by atoms with Crippen LogP contribution in [0.5, 0.6) is 0 Å². The molecule has 0 atom stereocenters. The lowest BCUT2D eigenvalue weighted by molar-refractivity contribution is 0.584. The zero-order valence-electron chi connectivity index (χ0n) is 8.91. The molecule has 0 N–H and O–H groups in total. The Kier molecular flexibility index (Phi) is 2.79. The minimum absolute atomic E-state index is 0.0235. The molecule has 1 aromatic heterocycles. The third kappa shape index (κ3) is 2.42. The Bertz CT molecular complexity index is 597. The second kappa shape index (κ2) is 4.26. The molecule has 84 valence electrons. The van der Waals surface area contributed by atoms with Crippen LogP contribution in [-0.4, -0.2) is 9.97 Å². The number of hydrogen-bond acceptors (Lipinski definition) is 3.